The van der Waals surface area contributed by atoms with Crippen molar-refractivity contribution in [3.05, 3.63) is 59.8 Å². The fraction of sp³-hybridized carbons (Fsp3) is 0.423. The maximum atomic E-state index is 13.6. The molecule has 4 rings (SSSR count). The summed E-state index contributed by atoms with van der Waals surface area (Å²) in [5.74, 6) is 0.990. The number of para-hydroxylation sites is 1. The molecule has 176 valence electrons. The molecule has 0 atom stereocenters. The lowest BCUT2D eigenvalue weighted by molar-refractivity contribution is -0.137. The fourth-order valence-corrected chi connectivity index (χ4v) is 4.25. The molecule has 4 nitrogen and oxygen atoms in total. The summed E-state index contributed by atoms with van der Waals surface area (Å²) in [5, 5.41) is 4.00. The van der Waals surface area contributed by atoms with E-state index in [1.54, 1.807) is 6.07 Å². The van der Waals surface area contributed by atoms with E-state index in [2.05, 4.69) is 22.1 Å². The lowest BCUT2D eigenvalue weighted by Gasteiger charge is -2.30. The van der Waals surface area contributed by atoms with Crippen molar-refractivity contribution < 1.29 is 17.9 Å². The molecule has 2 heterocycles. The number of hydrogen-bond donors (Lipinski definition) is 1. The fourth-order valence-electron chi connectivity index (χ4n) is 4.25. The Morgan fingerprint density at radius 2 is 1.85 bits per heavy atom. The van der Waals surface area contributed by atoms with E-state index in [9.17, 15) is 13.2 Å². The zero-order valence-electron chi connectivity index (χ0n) is 19.1. The summed E-state index contributed by atoms with van der Waals surface area (Å²) in [5.41, 5.74) is 1.88. The number of rotatable bonds is 7. The van der Waals surface area contributed by atoms with Crippen LogP contribution in [0.3, 0.4) is 0 Å². The maximum absolute atomic E-state index is 13.6. The summed E-state index contributed by atoms with van der Waals surface area (Å²) in [6.07, 6.45) is -1.28. The summed E-state index contributed by atoms with van der Waals surface area (Å²) in [7, 11) is 0. The number of nitrogens with one attached hydrogen (secondary N) is 1. The van der Waals surface area contributed by atoms with Crippen LogP contribution >= 0.6 is 0 Å². The highest BCUT2D eigenvalue weighted by Gasteiger charge is 2.31. The average molecular weight is 458 g/mol. The number of alkyl halides is 3. The Morgan fingerprint density at radius 3 is 2.61 bits per heavy atom. The molecule has 1 aliphatic rings. The number of likely N-dealkylation sites (tertiary alicyclic amines) is 1. The normalized spacial score (nSPS) is 15.7. The Bertz CT molecular complexity index is 1090. The van der Waals surface area contributed by atoms with Gasteiger partial charge in [-0.25, -0.2) is 0 Å². The number of halogens is 3. The minimum atomic E-state index is -4.46. The Balaban J connectivity index is 1.49. The van der Waals surface area contributed by atoms with Crippen molar-refractivity contribution in [1.29, 1.82) is 0 Å². The predicted octanol–water partition coefficient (Wildman–Crippen LogP) is 6.81. The van der Waals surface area contributed by atoms with Gasteiger partial charge in [-0.15, -0.1) is 0 Å². The van der Waals surface area contributed by atoms with Crippen molar-refractivity contribution in [2.75, 3.05) is 31.6 Å². The van der Waals surface area contributed by atoms with Crippen LogP contribution in [0.4, 0.5) is 24.5 Å². The van der Waals surface area contributed by atoms with Crippen LogP contribution in [0.5, 0.6) is 5.75 Å². The monoisotopic (exact) mass is 457 g/mol. The molecule has 33 heavy (non-hydrogen) atoms. The van der Waals surface area contributed by atoms with Gasteiger partial charge in [-0.1, -0.05) is 25.1 Å². The van der Waals surface area contributed by atoms with Crippen LogP contribution in [0.1, 0.15) is 37.4 Å². The Morgan fingerprint density at radius 1 is 1.09 bits per heavy atom. The van der Waals surface area contributed by atoms with Gasteiger partial charge in [0, 0.05) is 35.1 Å². The van der Waals surface area contributed by atoms with E-state index in [4.69, 9.17) is 4.74 Å². The molecule has 0 bridgehead atoms. The van der Waals surface area contributed by atoms with Gasteiger partial charge in [-0.2, -0.15) is 13.2 Å². The Kier molecular flexibility index (Phi) is 7.08. The third kappa shape index (κ3) is 6.16. The summed E-state index contributed by atoms with van der Waals surface area (Å²) in [6.45, 7) is 7.58. The summed E-state index contributed by atoms with van der Waals surface area (Å²) >= 11 is 0. The van der Waals surface area contributed by atoms with Gasteiger partial charge in [0.1, 0.15) is 5.75 Å². The molecule has 1 aliphatic heterocycles. The zero-order chi connectivity index (χ0) is 23.4. The number of anilines is 2. The number of nitrogens with zero attached hydrogens (tertiary/aromatic N) is 2. The number of fused-ring (bicyclic) bond motifs is 1. The topological polar surface area (TPSA) is 37.4 Å². The van der Waals surface area contributed by atoms with Crippen molar-refractivity contribution >= 4 is 22.3 Å². The maximum Gasteiger partial charge on any atom is 0.416 e. The summed E-state index contributed by atoms with van der Waals surface area (Å²) in [6, 6.07) is 13.2. The van der Waals surface area contributed by atoms with Gasteiger partial charge in [-0.05, 0) is 69.5 Å². The molecule has 2 aromatic carbocycles. The molecule has 0 radical (unpaired) electrons. The minimum absolute atomic E-state index is 0.217. The second kappa shape index (κ2) is 10.00. The SMILES string of the molecule is Cc1cc(Nc2cc(OCCCN3CCC(C)CC3)cc(C(F)(F)F)c2)c2ccccc2n1. The molecule has 1 aromatic heterocycles. The molecular weight excluding hydrogens is 427 g/mol. The van der Waals surface area contributed by atoms with E-state index in [-0.39, 0.29) is 5.75 Å². The van der Waals surface area contributed by atoms with Crippen molar-refractivity contribution in [3.8, 4) is 5.75 Å². The molecule has 0 spiro atoms. The molecule has 0 amide bonds. The smallest absolute Gasteiger partial charge is 0.416 e. The van der Waals surface area contributed by atoms with E-state index in [1.165, 1.54) is 12.8 Å². The van der Waals surface area contributed by atoms with E-state index >= 15 is 0 Å². The Labute approximate surface area is 192 Å². The first-order valence-corrected chi connectivity index (χ1v) is 11.5. The number of aromatic nitrogens is 1. The standard InChI is InChI=1S/C26H30F3N3O/c1-18-8-11-32(12-9-18)10-5-13-33-22-16-20(26(27,28)29)15-21(17-22)31-25-14-19(2)30-24-7-4-3-6-23(24)25/h3-4,6-7,14-18H,5,8-13H2,1-2H3,(H,30,31). The molecule has 1 fully saturated rings. The first-order chi connectivity index (χ1) is 15.8. The largest absolute Gasteiger partial charge is 0.493 e. The number of piperidine rings is 1. The molecule has 3 aromatic rings. The molecule has 1 N–H and O–H groups in total. The van der Waals surface area contributed by atoms with Gasteiger partial charge in [-0.3, -0.25) is 4.98 Å². The van der Waals surface area contributed by atoms with Crippen LogP contribution in [0.25, 0.3) is 10.9 Å². The van der Waals surface area contributed by atoms with E-state index in [1.807, 2.05) is 37.3 Å². The van der Waals surface area contributed by atoms with Gasteiger partial charge >= 0.3 is 6.18 Å². The molecule has 0 aliphatic carbocycles. The lowest BCUT2D eigenvalue weighted by Crippen LogP contribution is -2.34. The molecule has 0 saturated carbocycles. The van der Waals surface area contributed by atoms with Crippen molar-refractivity contribution in [2.24, 2.45) is 5.92 Å². The average Bonchev–Trinajstić information content (AvgIpc) is 2.77. The first kappa shape index (κ1) is 23.4. The van der Waals surface area contributed by atoms with E-state index < -0.39 is 11.7 Å². The highest BCUT2D eigenvalue weighted by molar-refractivity contribution is 5.93. The lowest BCUT2D eigenvalue weighted by atomic mass is 9.99. The Hall–Kier alpha value is -2.80. The molecule has 0 unspecified atom stereocenters. The summed E-state index contributed by atoms with van der Waals surface area (Å²) < 4.78 is 46.5. The van der Waals surface area contributed by atoms with Gasteiger partial charge < -0.3 is 15.0 Å². The van der Waals surface area contributed by atoms with E-state index in [0.29, 0.717) is 18.0 Å². The third-order valence-corrected chi connectivity index (χ3v) is 6.12. The van der Waals surface area contributed by atoms with Crippen LogP contribution in [0.2, 0.25) is 0 Å². The number of aryl methyl sites for hydroxylation is 1. The predicted molar refractivity (Wildman–Crippen MR) is 126 cm³/mol. The number of ether oxygens (including phenoxy) is 1. The van der Waals surface area contributed by atoms with Crippen LogP contribution < -0.4 is 10.1 Å². The van der Waals surface area contributed by atoms with Crippen LogP contribution in [-0.4, -0.2) is 36.1 Å². The second-order valence-electron chi connectivity index (χ2n) is 8.92. The zero-order valence-corrected chi connectivity index (χ0v) is 19.1. The summed E-state index contributed by atoms with van der Waals surface area (Å²) in [4.78, 5) is 6.90. The first-order valence-electron chi connectivity index (χ1n) is 11.5. The molecule has 1 saturated heterocycles. The number of pyridine rings is 1. The van der Waals surface area contributed by atoms with Crippen LogP contribution in [0.15, 0.2) is 48.5 Å². The van der Waals surface area contributed by atoms with Gasteiger partial charge in [0.25, 0.3) is 0 Å². The van der Waals surface area contributed by atoms with Crippen LogP contribution in [-0.2, 0) is 6.18 Å². The molecule has 7 heteroatoms. The number of hydrogen-bond acceptors (Lipinski definition) is 4. The minimum Gasteiger partial charge on any atom is -0.493 e. The number of benzene rings is 2. The second-order valence-corrected chi connectivity index (χ2v) is 8.92. The van der Waals surface area contributed by atoms with Gasteiger partial charge in [0.2, 0.25) is 0 Å². The van der Waals surface area contributed by atoms with Crippen molar-refractivity contribution in [3.63, 3.8) is 0 Å². The van der Waals surface area contributed by atoms with E-state index in [0.717, 1.165) is 60.7 Å². The highest BCUT2D eigenvalue weighted by atomic mass is 19.4. The van der Waals surface area contributed by atoms with Crippen molar-refractivity contribution in [1.82, 2.24) is 9.88 Å². The highest BCUT2D eigenvalue weighted by Crippen LogP contribution is 2.36. The van der Waals surface area contributed by atoms with Gasteiger partial charge in [0.05, 0.1) is 17.7 Å². The van der Waals surface area contributed by atoms with Crippen LogP contribution in [0, 0.1) is 12.8 Å². The molecular formula is C26H30F3N3O. The van der Waals surface area contributed by atoms with Crippen molar-refractivity contribution in [2.45, 2.75) is 39.3 Å². The van der Waals surface area contributed by atoms with Gasteiger partial charge in [0.15, 0.2) is 0 Å². The quantitative estimate of drug-likeness (QED) is 0.396. The third-order valence-electron chi connectivity index (χ3n) is 6.12.